The molecule has 1 aliphatic heterocycles. The SMILES string of the molecule is C[C@@H](CNC(=O)c1cccc(N2CCCC2=O)c1)c1ccccc1. The molecule has 124 valence electrons. The fraction of sp³-hybridized carbons (Fsp3) is 0.300. The predicted molar refractivity (Wildman–Crippen MR) is 95.2 cm³/mol. The minimum Gasteiger partial charge on any atom is -0.351 e. The van der Waals surface area contributed by atoms with Gasteiger partial charge in [-0.15, -0.1) is 0 Å². The van der Waals surface area contributed by atoms with Crippen molar-refractivity contribution in [2.45, 2.75) is 25.7 Å². The zero-order valence-corrected chi connectivity index (χ0v) is 13.9. The Labute approximate surface area is 142 Å². The van der Waals surface area contributed by atoms with Crippen LogP contribution in [0.15, 0.2) is 54.6 Å². The van der Waals surface area contributed by atoms with Gasteiger partial charge in [0.05, 0.1) is 0 Å². The number of carbonyl (C=O) groups excluding carboxylic acids is 2. The number of nitrogens with one attached hydrogen (secondary N) is 1. The highest BCUT2D eigenvalue weighted by atomic mass is 16.2. The quantitative estimate of drug-likeness (QED) is 0.918. The molecular weight excluding hydrogens is 300 g/mol. The lowest BCUT2D eigenvalue weighted by molar-refractivity contribution is -0.117. The van der Waals surface area contributed by atoms with Crippen LogP contribution in [0.3, 0.4) is 0 Å². The third-order valence-electron chi connectivity index (χ3n) is 4.43. The van der Waals surface area contributed by atoms with Gasteiger partial charge in [0.25, 0.3) is 5.91 Å². The smallest absolute Gasteiger partial charge is 0.251 e. The molecule has 4 nitrogen and oxygen atoms in total. The summed E-state index contributed by atoms with van der Waals surface area (Å²) in [4.78, 5) is 26.0. The van der Waals surface area contributed by atoms with Gasteiger partial charge in [-0.05, 0) is 36.1 Å². The maximum Gasteiger partial charge on any atom is 0.251 e. The number of anilines is 1. The fourth-order valence-corrected chi connectivity index (χ4v) is 2.98. The van der Waals surface area contributed by atoms with Gasteiger partial charge in [0, 0.05) is 30.8 Å². The second-order valence-corrected chi connectivity index (χ2v) is 6.22. The minimum atomic E-state index is -0.105. The Morgan fingerprint density at radius 1 is 1.17 bits per heavy atom. The third-order valence-corrected chi connectivity index (χ3v) is 4.43. The Kier molecular flexibility index (Phi) is 4.94. The molecule has 0 spiro atoms. The minimum absolute atomic E-state index is 0.105. The second kappa shape index (κ2) is 7.30. The van der Waals surface area contributed by atoms with E-state index in [-0.39, 0.29) is 17.7 Å². The van der Waals surface area contributed by atoms with Crippen LogP contribution in [0.1, 0.15) is 41.6 Å². The summed E-state index contributed by atoms with van der Waals surface area (Å²) in [5.74, 6) is 0.273. The van der Waals surface area contributed by atoms with Crippen molar-refractivity contribution in [2.75, 3.05) is 18.0 Å². The molecule has 2 aromatic carbocycles. The molecule has 0 aliphatic carbocycles. The summed E-state index contributed by atoms with van der Waals surface area (Å²) in [6.45, 7) is 3.40. The average Bonchev–Trinajstić information content (AvgIpc) is 3.06. The van der Waals surface area contributed by atoms with E-state index in [4.69, 9.17) is 0 Å². The van der Waals surface area contributed by atoms with Gasteiger partial charge < -0.3 is 10.2 Å². The standard InChI is InChI=1S/C20H22N2O2/c1-15(16-7-3-2-4-8-16)14-21-20(24)17-9-5-10-18(13-17)22-12-6-11-19(22)23/h2-5,7-10,13,15H,6,11-12,14H2,1H3,(H,21,24)/t15-/m0/s1. The molecule has 0 radical (unpaired) electrons. The van der Waals surface area contributed by atoms with E-state index < -0.39 is 0 Å². The van der Waals surface area contributed by atoms with Gasteiger partial charge in [0.1, 0.15) is 0 Å². The second-order valence-electron chi connectivity index (χ2n) is 6.22. The molecule has 2 aromatic rings. The Morgan fingerprint density at radius 2 is 1.96 bits per heavy atom. The van der Waals surface area contributed by atoms with Gasteiger partial charge in [-0.25, -0.2) is 0 Å². The van der Waals surface area contributed by atoms with Crippen molar-refractivity contribution in [3.63, 3.8) is 0 Å². The first kappa shape index (κ1) is 16.2. The van der Waals surface area contributed by atoms with Crippen LogP contribution in [0.4, 0.5) is 5.69 Å². The number of benzene rings is 2. The van der Waals surface area contributed by atoms with Gasteiger partial charge in [-0.2, -0.15) is 0 Å². The highest BCUT2D eigenvalue weighted by Gasteiger charge is 2.22. The van der Waals surface area contributed by atoms with Crippen molar-refractivity contribution in [2.24, 2.45) is 0 Å². The van der Waals surface area contributed by atoms with Crippen molar-refractivity contribution in [1.29, 1.82) is 0 Å². The lowest BCUT2D eigenvalue weighted by Gasteiger charge is -2.17. The molecule has 1 heterocycles. The van der Waals surface area contributed by atoms with Crippen LogP contribution >= 0.6 is 0 Å². The fourth-order valence-electron chi connectivity index (χ4n) is 2.98. The van der Waals surface area contributed by atoms with Crippen molar-refractivity contribution in [1.82, 2.24) is 5.32 Å². The maximum absolute atomic E-state index is 12.4. The van der Waals surface area contributed by atoms with Crippen LogP contribution < -0.4 is 10.2 Å². The number of hydrogen-bond acceptors (Lipinski definition) is 2. The van der Waals surface area contributed by atoms with E-state index in [0.717, 1.165) is 18.7 Å². The molecule has 0 unspecified atom stereocenters. The van der Waals surface area contributed by atoms with Crippen molar-refractivity contribution >= 4 is 17.5 Å². The summed E-state index contributed by atoms with van der Waals surface area (Å²) in [5, 5.41) is 2.98. The van der Waals surface area contributed by atoms with Gasteiger partial charge in [-0.3, -0.25) is 9.59 Å². The molecule has 1 saturated heterocycles. The summed E-state index contributed by atoms with van der Waals surface area (Å²) < 4.78 is 0. The topological polar surface area (TPSA) is 49.4 Å². The molecule has 0 aromatic heterocycles. The lowest BCUT2D eigenvalue weighted by atomic mass is 10.0. The van der Waals surface area contributed by atoms with Crippen LogP contribution in [0.5, 0.6) is 0 Å². The van der Waals surface area contributed by atoms with Gasteiger partial charge in [0.2, 0.25) is 5.91 Å². The zero-order chi connectivity index (χ0) is 16.9. The Morgan fingerprint density at radius 3 is 2.67 bits per heavy atom. The first-order valence-corrected chi connectivity index (χ1v) is 8.39. The van der Waals surface area contributed by atoms with Crippen LogP contribution in [-0.4, -0.2) is 24.9 Å². The molecule has 1 N–H and O–H groups in total. The van der Waals surface area contributed by atoms with Crippen molar-refractivity contribution in [3.8, 4) is 0 Å². The molecule has 24 heavy (non-hydrogen) atoms. The summed E-state index contributed by atoms with van der Waals surface area (Å²) >= 11 is 0. The lowest BCUT2D eigenvalue weighted by Crippen LogP contribution is -2.28. The number of nitrogens with zero attached hydrogens (tertiary/aromatic N) is 1. The summed E-state index contributed by atoms with van der Waals surface area (Å²) in [5.41, 5.74) is 2.60. The predicted octanol–water partition coefficient (Wildman–Crippen LogP) is 3.35. The molecule has 2 amide bonds. The number of hydrogen-bond donors (Lipinski definition) is 1. The van der Waals surface area contributed by atoms with Gasteiger partial charge in [-0.1, -0.05) is 43.3 Å². The van der Waals surface area contributed by atoms with E-state index in [2.05, 4.69) is 24.4 Å². The first-order valence-electron chi connectivity index (χ1n) is 8.39. The molecule has 4 heteroatoms. The molecule has 0 bridgehead atoms. The van der Waals surface area contributed by atoms with Crippen LogP contribution in [0, 0.1) is 0 Å². The van der Waals surface area contributed by atoms with Crippen molar-refractivity contribution in [3.05, 3.63) is 65.7 Å². The Bertz CT molecular complexity index is 727. The van der Waals surface area contributed by atoms with E-state index in [1.165, 1.54) is 5.56 Å². The molecule has 1 aliphatic rings. The summed E-state index contributed by atoms with van der Waals surface area (Å²) in [6, 6.07) is 17.4. The summed E-state index contributed by atoms with van der Waals surface area (Å²) in [7, 11) is 0. The van der Waals surface area contributed by atoms with E-state index in [1.807, 2.05) is 30.3 Å². The van der Waals surface area contributed by atoms with Gasteiger partial charge in [0.15, 0.2) is 0 Å². The third kappa shape index (κ3) is 3.65. The van der Waals surface area contributed by atoms with Crippen molar-refractivity contribution < 1.29 is 9.59 Å². The van der Waals surface area contributed by atoms with Gasteiger partial charge >= 0.3 is 0 Å². The van der Waals surface area contributed by atoms with E-state index in [9.17, 15) is 9.59 Å². The molecule has 1 atom stereocenters. The van der Waals surface area contributed by atoms with Crippen LogP contribution in [0.2, 0.25) is 0 Å². The maximum atomic E-state index is 12.4. The number of carbonyl (C=O) groups is 2. The molecule has 3 rings (SSSR count). The number of rotatable bonds is 5. The Balaban J connectivity index is 1.64. The monoisotopic (exact) mass is 322 g/mol. The first-order chi connectivity index (χ1) is 11.6. The zero-order valence-electron chi connectivity index (χ0n) is 13.9. The molecule has 0 saturated carbocycles. The largest absolute Gasteiger partial charge is 0.351 e. The van der Waals surface area contributed by atoms with Crippen LogP contribution in [0.25, 0.3) is 0 Å². The van der Waals surface area contributed by atoms with E-state index in [0.29, 0.717) is 18.5 Å². The Hall–Kier alpha value is -2.62. The van der Waals surface area contributed by atoms with Crippen LogP contribution in [-0.2, 0) is 4.79 Å². The highest BCUT2D eigenvalue weighted by Crippen LogP contribution is 2.22. The summed E-state index contributed by atoms with van der Waals surface area (Å²) in [6.07, 6.45) is 1.47. The molecule has 1 fully saturated rings. The average molecular weight is 322 g/mol. The highest BCUT2D eigenvalue weighted by molar-refractivity contribution is 5.99. The normalized spacial score (nSPS) is 15.4. The molecular formula is C20H22N2O2. The van der Waals surface area contributed by atoms with E-state index >= 15 is 0 Å². The van der Waals surface area contributed by atoms with E-state index in [1.54, 1.807) is 17.0 Å². The number of amides is 2.